The molecule has 4 N–H and O–H groups in total. The lowest BCUT2D eigenvalue weighted by Gasteiger charge is -2.33. The van der Waals surface area contributed by atoms with E-state index >= 15 is 0 Å². The molecule has 2 aromatic rings. The zero-order valence-electron chi connectivity index (χ0n) is 16.1. The standard InChI is InChI=1S/C21H26FN3O2/c1-13(2)21(4,12-23)25-19(26)15-10-9-14(3)18(11-15)24-20(27)16-7-5-6-8-17(16)22/h5-11,13H,12,23H2,1-4H3,(H,24,27)(H,25,26). The van der Waals surface area contributed by atoms with Crippen LogP contribution < -0.4 is 16.4 Å². The fourth-order valence-electron chi connectivity index (χ4n) is 2.50. The van der Waals surface area contributed by atoms with Gasteiger partial charge in [0.15, 0.2) is 0 Å². The third kappa shape index (κ3) is 4.71. The third-order valence-electron chi connectivity index (χ3n) is 4.96. The van der Waals surface area contributed by atoms with Crippen LogP contribution in [0.25, 0.3) is 0 Å². The van der Waals surface area contributed by atoms with Crippen molar-refractivity contribution in [1.82, 2.24) is 5.32 Å². The van der Waals surface area contributed by atoms with Crippen molar-refractivity contribution in [3.8, 4) is 0 Å². The number of nitrogens with one attached hydrogen (secondary N) is 2. The normalized spacial score (nSPS) is 13.1. The highest BCUT2D eigenvalue weighted by Crippen LogP contribution is 2.21. The van der Waals surface area contributed by atoms with Gasteiger partial charge in [-0.2, -0.15) is 0 Å². The lowest BCUT2D eigenvalue weighted by Crippen LogP contribution is -2.55. The number of halogens is 1. The van der Waals surface area contributed by atoms with Crippen molar-refractivity contribution in [3.05, 3.63) is 65.0 Å². The fourth-order valence-corrected chi connectivity index (χ4v) is 2.50. The number of nitrogens with two attached hydrogens (primary N) is 1. The van der Waals surface area contributed by atoms with Gasteiger partial charge in [0, 0.05) is 17.8 Å². The van der Waals surface area contributed by atoms with Crippen molar-refractivity contribution < 1.29 is 14.0 Å². The van der Waals surface area contributed by atoms with Crippen molar-refractivity contribution in [2.45, 2.75) is 33.2 Å². The van der Waals surface area contributed by atoms with Gasteiger partial charge >= 0.3 is 0 Å². The molecule has 6 heteroatoms. The molecule has 144 valence electrons. The first-order valence-electron chi connectivity index (χ1n) is 8.87. The number of aryl methyl sites for hydroxylation is 1. The SMILES string of the molecule is Cc1ccc(C(=O)NC(C)(CN)C(C)C)cc1NC(=O)c1ccccc1F. The number of hydrogen-bond acceptors (Lipinski definition) is 3. The molecule has 0 saturated heterocycles. The minimum atomic E-state index is -0.600. The van der Waals surface area contributed by atoms with Gasteiger partial charge in [0.2, 0.25) is 0 Å². The van der Waals surface area contributed by atoms with E-state index in [1.165, 1.54) is 18.2 Å². The minimum absolute atomic E-state index is 0.0535. The number of carbonyl (C=O) groups excluding carboxylic acids is 2. The van der Waals surface area contributed by atoms with Gasteiger partial charge in [-0.05, 0) is 49.6 Å². The quantitative estimate of drug-likeness (QED) is 0.727. The van der Waals surface area contributed by atoms with Crippen LogP contribution in [0.3, 0.4) is 0 Å². The van der Waals surface area contributed by atoms with E-state index in [-0.39, 0.29) is 17.4 Å². The Labute approximate surface area is 159 Å². The smallest absolute Gasteiger partial charge is 0.258 e. The molecule has 0 aliphatic carbocycles. The Bertz CT molecular complexity index is 851. The van der Waals surface area contributed by atoms with Gasteiger partial charge in [0.25, 0.3) is 11.8 Å². The summed E-state index contributed by atoms with van der Waals surface area (Å²) in [6, 6.07) is 10.7. The number of hydrogen-bond donors (Lipinski definition) is 3. The molecular formula is C21H26FN3O2. The number of carbonyl (C=O) groups is 2. The molecule has 0 heterocycles. The largest absolute Gasteiger partial charge is 0.345 e. The number of benzene rings is 2. The molecule has 2 aromatic carbocycles. The van der Waals surface area contributed by atoms with E-state index in [2.05, 4.69) is 10.6 Å². The Morgan fingerprint density at radius 2 is 1.81 bits per heavy atom. The van der Waals surface area contributed by atoms with Crippen LogP contribution in [0.1, 0.15) is 47.1 Å². The molecule has 0 fully saturated rings. The van der Waals surface area contributed by atoms with Gasteiger partial charge in [-0.15, -0.1) is 0 Å². The summed E-state index contributed by atoms with van der Waals surface area (Å²) in [5.41, 5.74) is 6.84. The Morgan fingerprint density at radius 3 is 2.41 bits per heavy atom. The second-order valence-corrected chi connectivity index (χ2v) is 7.19. The van der Waals surface area contributed by atoms with Crippen LogP contribution in [0.4, 0.5) is 10.1 Å². The van der Waals surface area contributed by atoms with Crippen LogP contribution in [0.5, 0.6) is 0 Å². The molecule has 2 rings (SSSR count). The van der Waals surface area contributed by atoms with E-state index in [0.717, 1.165) is 5.56 Å². The van der Waals surface area contributed by atoms with Gasteiger partial charge in [-0.1, -0.05) is 32.0 Å². The van der Waals surface area contributed by atoms with Gasteiger partial charge in [0.1, 0.15) is 5.82 Å². The average molecular weight is 371 g/mol. The number of amides is 2. The van der Waals surface area contributed by atoms with Crippen LogP contribution in [0.15, 0.2) is 42.5 Å². The van der Waals surface area contributed by atoms with E-state index < -0.39 is 17.3 Å². The molecule has 0 aliphatic rings. The molecule has 27 heavy (non-hydrogen) atoms. The maximum Gasteiger partial charge on any atom is 0.258 e. The van der Waals surface area contributed by atoms with Gasteiger partial charge in [0.05, 0.1) is 11.1 Å². The van der Waals surface area contributed by atoms with Crippen molar-refractivity contribution in [2.75, 3.05) is 11.9 Å². The Balaban J connectivity index is 2.24. The molecule has 2 amide bonds. The highest BCUT2D eigenvalue weighted by molar-refractivity contribution is 6.05. The summed E-state index contributed by atoms with van der Waals surface area (Å²) >= 11 is 0. The number of rotatable bonds is 6. The van der Waals surface area contributed by atoms with E-state index in [1.54, 1.807) is 31.2 Å². The van der Waals surface area contributed by atoms with Crippen LogP contribution in [0, 0.1) is 18.7 Å². The summed E-state index contributed by atoms with van der Waals surface area (Å²) in [5.74, 6) is -1.30. The summed E-state index contributed by atoms with van der Waals surface area (Å²) in [6.07, 6.45) is 0. The molecule has 1 unspecified atom stereocenters. The van der Waals surface area contributed by atoms with Crippen molar-refractivity contribution in [2.24, 2.45) is 11.7 Å². The first kappa shape index (κ1) is 20.6. The summed E-state index contributed by atoms with van der Waals surface area (Å²) in [6.45, 7) is 7.98. The Hall–Kier alpha value is -2.73. The topological polar surface area (TPSA) is 84.2 Å². The predicted molar refractivity (Wildman–Crippen MR) is 105 cm³/mol. The maximum atomic E-state index is 13.8. The predicted octanol–water partition coefficient (Wildman–Crippen LogP) is 3.49. The van der Waals surface area contributed by atoms with Crippen LogP contribution in [-0.4, -0.2) is 23.9 Å². The van der Waals surface area contributed by atoms with Crippen LogP contribution in [-0.2, 0) is 0 Å². The lowest BCUT2D eigenvalue weighted by atomic mass is 9.88. The van der Waals surface area contributed by atoms with Crippen molar-refractivity contribution in [3.63, 3.8) is 0 Å². The van der Waals surface area contributed by atoms with E-state index in [4.69, 9.17) is 5.73 Å². The zero-order valence-corrected chi connectivity index (χ0v) is 16.1. The van der Waals surface area contributed by atoms with Crippen molar-refractivity contribution >= 4 is 17.5 Å². The number of anilines is 1. The van der Waals surface area contributed by atoms with Crippen LogP contribution >= 0.6 is 0 Å². The molecular weight excluding hydrogens is 345 g/mol. The summed E-state index contributed by atoms with van der Waals surface area (Å²) < 4.78 is 13.8. The molecule has 0 radical (unpaired) electrons. The highest BCUT2D eigenvalue weighted by atomic mass is 19.1. The van der Waals surface area contributed by atoms with Gasteiger partial charge < -0.3 is 16.4 Å². The molecule has 0 aromatic heterocycles. The Kier molecular flexibility index (Phi) is 6.33. The molecule has 0 bridgehead atoms. The Morgan fingerprint density at radius 1 is 1.15 bits per heavy atom. The molecule has 1 atom stereocenters. The van der Waals surface area contributed by atoms with E-state index in [1.807, 2.05) is 20.8 Å². The van der Waals surface area contributed by atoms with E-state index in [9.17, 15) is 14.0 Å². The minimum Gasteiger partial charge on any atom is -0.345 e. The monoisotopic (exact) mass is 371 g/mol. The van der Waals surface area contributed by atoms with Crippen molar-refractivity contribution in [1.29, 1.82) is 0 Å². The van der Waals surface area contributed by atoms with Gasteiger partial charge in [-0.3, -0.25) is 9.59 Å². The lowest BCUT2D eigenvalue weighted by molar-refractivity contribution is 0.0882. The van der Waals surface area contributed by atoms with E-state index in [0.29, 0.717) is 17.8 Å². The maximum absolute atomic E-state index is 13.8. The first-order valence-corrected chi connectivity index (χ1v) is 8.87. The highest BCUT2D eigenvalue weighted by Gasteiger charge is 2.29. The second-order valence-electron chi connectivity index (χ2n) is 7.19. The zero-order chi connectivity index (χ0) is 20.2. The summed E-state index contributed by atoms with van der Waals surface area (Å²) in [7, 11) is 0. The average Bonchev–Trinajstić information content (AvgIpc) is 2.63. The fraction of sp³-hybridized carbons (Fsp3) is 0.333. The van der Waals surface area contributed by atoms with Crippen LogP contribution in [0.2, 0.25) is 0 Å². The first-order chi connectivity index (χ1) is 12.7. The molecule has 0 saturated carbocycles. The van der Waals surface area contributed by atoms with Gasteiger partial charge in [-0.25, -0.2) is 4.39 Å². The molecule has 0 spiro atoms. The summed E-state index contributed by atoms with van der Waals surface area (Å²) in [5, 5.41) is 5.64. The third-order valence-corrected chi connectivity index (χ3v) is 4.96. The summed E-state index contributed by atoms with van der Waals surface area (Å²) in [4.78, 5) is 25.0. The molecule has 0 aliphatic heterocycles. The molecule has 5 nitrogen and oxygen atoms in total. The second kappa shape index (κ2) is 8.31.